The number of nitrogens with zero attached hydrogens (tertiary/aromatic N) is 3. The van der Waals surface area contributed by atoms with E-state index < -0.39 is 0 Å². The van der Waals surface area contributed by atoms with Gasteiger partial charge in [0.15, 0.2) is 5.96 Å². The molecule has 2 heterocycles. The van der Waals surface area contributed by atoms with Crippen LogP contribution in [0.4, 0.5) is 0 Å². The van der Waals surface area contributed by atoms with E-state index in [4.69, 9.17) is 9.47 Å². The van der Waals surface area contributed by atoms with Gasteiger partial charge in [0.25, 0.3) is 0 Å². The van der Waals surface area contributed by atoms with Gasteiger partial charge in [0.05, 0.1) is 25.9 Å². The maximum absolute atomic E-state index is 5.99. The van der Waals surface area contributed by atoms with Gasteiger partial charge in [-0.15, -0.1) is 0 Å². The normalized spacial score (nSPS) is 27.2. The monoisotopic (exact) mass is 409 g/mol. The molecule has 1 saturated carbocycles. The van der Waals surface area contributed by atoms with Crippen LogP contribution in [-0.2, 0) is 9.47 Å². The van der Waals surface area contributed by atoms with Gasteiger partial charge >= 0.3 is 0 Å². The Morgan fingerprint density at radius 1 is 1.07 bits per heavy atom. The molecular formula is C22H43N5O2. The third kappa shape index (κ3) is 6.81. The van der Waals surface area contributed by atoms with Crippen LogP contribution in [0.15, 0.2) is 4.99 Å². The van der Waals surface area contributed by atoms with Gasteiger partial charge in [0.1, 0.15) is 0 Å². The molecule has 1 unspecified atom stereocenters. The van der Waals surface area contributed by atoms with E-state index in [0.29, 0.717) is 5.92 Å². The Morgan fingerprint density at radius 2 is 1.83 bits per heavy atom. The molecule has 0 aromatic carbocycles. The number of nitrogens with one attached hydrogen (secondary N) is 2. The number of hydrogen-bond donors (Lipinski definition) is 2. The number of ether oxygens (including phenoxy) is 2. The summed E-state index contributed by atoms with van der Waals surface area (Å²) in [6, 6.07) is 0. The van der Waals surface area contributed by atoms with Crippen molar-refractivity contribution >= 4 is 5.96 Å². The van der Waals surface area contributed by atoms with E-state index in [9.17, 15) is 0 Å². The van der Waals surface area contributed by atoms with Crippen molar-refractivity contribution in [1.82, 2.24) is 20.4 Å². The summed E-state index contributed by atoms with van der Waals surface area (Å²) in [6.07, 6.45) is 6.79. The molecule has 3 rings (SSSR count). The third-order valence-electron chi connectivity index (χ3n) is 6.62. The molecule has 0 bridgehead atoms. The standard InChI is InChI=1S/C22H43N5O2/c1-19(2)16-26-9-14-29-20(17-26)15-24-21(23-3)25-18-22(7-5-4-6-8-22)27-10-12-28-13-11-27/h19-20H,4-18H2,1-3H3,(H2,23,24,25). The summed E-state index contributed by atoms with van der Waals surface area (Å²) in [4.78, 5) is 9.67. The summed E-state index contributed by atoms with van der Waals surface area (Å²) in [5.74, 6) is 1.59. The summed E-state index contributed by atoms with van der Waals surface area (Å²) in [5, 5.41) is 7.16. The first-order valence-corrected chi connectivity index (χ1v) is 11.7. The van der Waals surface area contributed by atoms with Gasteiger partial charge < -0.3 is 20.1 Å². The first-order chi connectivity index (χ1) is 14.1. The fraction of sp³-hybridized carbons (Fsp3) is 0.955. The van der Waals surface area contributed by atoms with Crippen LogP contribution in [0.5, 0.6) is 0 Å². The third-order valence-corrected chi connectivity index (χ3v) is 6.62. The first kappa shape index (κ1) is 22.8. The van der Waals surface area contributed by atoms with Crippen molar-refractivity contribution in [3.8, 4) is 0 Å². The van der Waals surface area contributed by atoms with Crippen molar-refractivity contribution in [2.45, 2.75) is 57.6 Å². The summed E-state index contributed by atoms with van der Waals surface area (Å²) in [6.45, 7) is 14.2. The predicted molar refractivity (Wildman–Crippen MR) is 119 cm³/mol. The van der Waals surface area contributed by atoms with Gasteiger partial charge in [-0.1, -0.05) is 33.1 Å². The maximum Gasteiger partial charge on any atom is 0.191 e. The average Bonchev–Trinajstić information content (AvgIpc) is 2.75. The summed E-state index contributed by atoms with van der Waals surface area (Å²) >= 11 is 0. The second-order valence-corrected chi connectivity index (χ2v) is 9.34. The van der Waals surface area contributed by atoms with E-state index in [2.05, 4.69) is 39.3 Å². The van der Waals surface area contributed by atoms with Crippen molar-refractivity contribution in [3.05, 3.63) is 0 Å². The predicted octanol–water partition coefficient (Wildman–Crippen LogP) is 1.54. The minimum absolute atomic E-state index is 0.226. The first-order valence-electron chi connectivity index (χ1n) is 11.7. The molecular weight excluding hydrogens is 366 g/mol. The fourth-order valence-corrected chi connectivity index (χ4v) is 5.12. The molecule has 2 N–H and O–H groups in total. The molecule has 168 valence electrons. The fourth-order valence-electron chi connectivity index (χ4n) is 5.12. The molecule has 2 aliphatic heterocycles. The highest BCUT2D eigenvalue weighted by molar-refractivity contribution is 5.79. The SMILES string of the molecule is CN=C(NCC1CN(CC(C)C)CCO1)NCC1(N2CCOCC2)CCCCC1. The van der Waals surface area contributed by atoms with Gasteiger partial charge in [0.2, 0.25) is 0 Å². The summed E-state index contributed by atoms with van der Waals surface area (Å²) in [7, 11) is 1.87. The van der Waals surface area contributed by atoms with Crippen molar-refractivity contribution in [2.24, 2.45) is 10.9 Å². The second-order valence-electron chi connectivity index (χ2n) is 9.34. The lowest BCUT2D eigenvalue weighted by atomic mass is 9.80. The molecule has 1 aliphatic carbocycles. The molecule has 0 spiro atoms. The van der Waals surface area contributed by atoms with Crippen LogP contribution in [0.3, 0.4) is 0 Å². The lowest BCUT2D eigenvalue weighted by Crippen LogP contribution is -2.60. The van der Waals surface area contributed by atoms with E-state index >= 15 is 0 Å². The van der Waals surface area contributed by atoms with Crippen molar-refractivity contribution in [2.75, 3.05) is 72.7 Å². The highest BCUT2D eigenvalue weighted by Crippen LogP contribution is 2.33. The van der Waals surface area contributed by atoms with Gasteiger partial charge in [-0.2, -0.15) is 0 Å². The molecule has 0 aromatic rings. The maximum atomic E-state index is 5.99. The molecule has 29 heavy (non-hydrogen) atoms. The van der Waals surface area contributed by atoms with Gasteiger partial charge in [-0.3, -0.25) is 14.8 Å². The number of morpholine rings is 2. The topological polar surface area (TPSA) is 61.4 Å². The van der Waals surface area contributed by atoms with Crippen LogP contribution in [0, 0.1) is 5.92 Å². The van der Waals surface area contributed by atoms with Crippen LogP contribution >= 0.6 is 0 Å². The van der Waals surface area contributed by atoms with E-state index in [1.54, 1.807) is 0 Å². The van der Waals surface area contributed by atoms with Gasteiger partial charge in [0, 0.05) is 58.4 Å². The lowest BCUT2D eigenvalue weighted by Gasteiger charge is -2.48. The molecule has 3 aliphatic rings. The Hall–Kier alpha value is -0.890. The molecule has 0 aromatic heterocycles. The number of guanidine groups is 1. The van der Waals surface area contributed by atoms with Crippen LogP contribution in [0.1, 0.15) is 46.0 Å². The van der Waals surface area contributed by atoms with E-state index in [0.717, 1.165) is 71.6 Å². The highest BCUT2D eigenvalue weighted by atomic mass is 16.5. The number of aliphatic imine (C=N–C) groups is 1. The van der Waals surface area contributed by atoms with Crippen LogP contribution in [0.2, 0.25) is 0 Å². The largest absolute Gasteiger partial charge is 0.379 e. The van der Waals surface area contributed by atoms with Gasteiger partial charge in [-0.25, -0.2) is 0 Å². The van der Waals surface area contributed by atoms with Crippen molar-refractivity contribution in [1.29, 1.82) is 0 Å². The van der Waals surface area contributed by atoms with E-state index in [-0.39, 0.29) is 11.6 Å². The molecule has 7 heteroatoms. The molecule has 3 fully saturated rings. The van der Waals surface area contributed by atoms with Gasteiger partial charge in [-0.05, 0) is 18.8 Å². The Kier molecular flexibility index (Phi) is 9.03. The van der Waals surface area contributed by atoms with Crippen LogP contribution in [0.25, 0.3) is 0 Å². The number of hydrogen-bond acceptors (Lipinski definition) is 5. The van der Waals surface area contributed by atoms with E-state index in [1.807, 2.05) is 7.05 Å². The van der Waals surface area contributed by atoms with Crippen LogP contribution < -0.4 is 10.6 Å². The second kappa shape index (κ2) is 11.5. The smallest absolute Gasteiger partial charge is 0.191 e. The summed E-state index contributed by atoms with van der Waals surface area (Å²) in [5.41, 5.74) is 0.245. The zero-order valence-corrected chi connectivity index (χ0v) is 18.9. The Balaban J connectivity index is 1.48. The average molecular weight is 410 g/mol. The van der Waals surface area contributed by atoms with Crippen molar-refractivity contribution < 1.29 is 9.47 Å². The highest BCUT2D eigenvalue weighted by Gasteiger charge is 2.38. The molecule has 1 atom stereocenters. The minimum atomic E-state index is 0.226. The molecule has 2 saturated heterocycles. The van der Waals surface area contributed by atoms with E-state index in [1.165, 1.54) is 32.1 Å². The molecule has 7 nitrogen and oxygen atoms in total. The lowest BCUT2D eigenvalue weighted by molar-refractivity contribution is -0.0355. The zero-order chi connectivity index (χ0) is 20.5. The summed E-state index contributed by atoms with van der Waals surface area (Å²) < 4.78 is 11.6. The molecule has 0 radical (unpaired) electrons. The Morgan fingerprint density at radius 3 is 2.52 bits per heavy atom. The quantitative estimate of drug-likeness (QED) is 0.491. The Bertz CT molecular complexity index is 501. The molecule has 0 amide bonds. The zero-order valence-electron chi connectivity index (χ0n) is 18.9. The number of rotatable bonds is 7. The minimum Gasteiger partial charge on any atom is -0.379 e. The van der Waals surface area contributed by atoms with Crippen molar-refractivity contribution in [3.63, 3.8) is 0 Å². The Labute approximate surface area is 177 Å². The van der Waals surface area contributed by atoms with Crippen LogP contribution in [-0.4, -0.2) is 100 Å².